The summed E-state index contributed by atoms with van der Waals surface area (Å²) in [5.41, 5.74) is 3.79. The molecule has 0 saturated carbocycles. The van der Waals surface area contributed by atoms with E-state index in [4.69, 9.17) is 14.3 Å². The maximum Gasteiger partial charge on any atom is 0.192 e. The van der Waals surface area contributed by atoms with E-state index in [0.717, 1.165) is 0 Å². The van der Waals surface area contributed by atoms with E-state index in [2.05, 4.69) is 5.48 Å². The lowest BCUT2D eigenvalue weighted by molar-refractivity contribution is 0.00431. The molecule has 0 saturated heterocycles. The number of phenols is 1. The van der Waals surface area contributed by atoms with Crippen LogP contribution in [-0.2, 0) is 14.3 Å². The first-order valence-electron chi connectivity index (χ1n) is 5.06. The summed E-state index contributed by atoms with van der Waals surface area (Å²) in [4.78, 5) is 5.23. The molecule has 0 spiro atoms. The van der Waals surface area contributed by atoms with Gasteiger partial charge in [-0.05, 0) is 6.07 Å². The van der Waals surface area contributed by atoms with Crippen LogP contribution in [0.15, 0.2) is 42.5 Å². The zero-order valence-corrected chi connectivity index (χ0v) is 9.34. The van der Waals surface area contributed by atoms with Gasteiger partial charge in [-0.25, -0.2) is 0 Å². The lowest BCUT2D eigenvalue weighted by Crippen LogP contribution is -2.22. The highest BCUT2D eigenvalue weighted by molar-refractivity contribution is 5.79. The maximum atomic E-state index is 9.80. The molecule has 0 atom stereocenters. The van der Waals surface area contributed by atoms with Crippen LogP contribution in [-0.4, -0.2) is 18.9 Å². The Hall–Kier alpha value is -2.14. The van der Waals surface area contributed by atoms with Crippen molar-refractivity contribution in [3.05, 3.63) is 48.1 Å². The smallest absolute Gasteiger partial charge is 0.192 e. The number of hydrogen-bond donors (Lipinski definition) is 2. The summed E-state index contributed by atoms with van der Waals surface area (Å²) in [6.07, 6.45) is 2.95. The molecule has 17 heavy (non-hydrogen) atoms. The Morgan fingerprint density at radius 2 is 2.29 bits per heavy atom. The molecule has 0 aromatic heterocycles. The van der Waals surface area contributed by atoms with Gasteiger partial charge in [-0.2, -0.15) is 0 Å². The molecule has 0 fully saturated rings. The molecular formula is C12H13NO4. The molecular weight excluding hydrogens is 222 g/mol. The molecule has 2 rings (SSSR count). The molecule has 0 amide bonds. The number of para-hydroxylation sites is 1. The van der Waals surface area contributed by atoms with Crippen LogP contribution in [0.3, 0.4) is 0 Å². The SMILES string of the molecule is COC=C(C1=COCNO1)c1ccccc1O. The third kappa shape index (κ3) is 2.51. The van der Waals surface area contributed by atoms with Crippen molar-refractivity contribution in [3.8, 4) is 5.75 Å². The lowest BCUT2D eigenvalue weighted by atomic mass is 10.0. The number of aromatic hydroxyl groups is 1. The maximum absolute atomic E-state index is 9.80. The highest BCUT2D eigenvalue weighted by atomic mass is 16.7. The van der Waals surface area contributed by atoms with Crippen molar-refractivity contribution in [2.45, 2.75) is 0 Å². The molecule has 0 unspecified atom stereocenters. The molecule has 1 aromatic carbocycles. The van der Waals surface area contributed by atoms with E-state index in [1.165, 1.54) is 19.6 Å². The molecule has 5 nitrogen and oxygen atoms in total. The molecule has 90 valence electrons. The van der Waals surface area contributed by atoms with Gasteiger partial charge in [0.05, 0.1) is 18.9 Å². The average Bonchev–Trinajstić information content (AvgIpc) is 2.38. The van der Waals surface area contributed by atoms with Gasteiger partial charge in [0, 0.05) is 5.56 Å². The molecule has 1 aliphatic heterocycles. The van der Waals surface area contributed by atoms with Crippen LogP contribution in [0.25, 0.3) is 5.57 Å². The van der Waals surface area contributed by atoms with Gasteiger partial charge in [-0.15, -0.1) is 5.48 Å². The van der Waals surface area contributed by atoms with Crippen molar-refractivity contribution >= 4 is 5.57 Å². The summed E-state index contributed by atoms with van der Waals surface area (Å²) >= 11 is 0. The van der Waals surface area contributed by atoms with Crippen LogP contribution in [0.2, 0.25) is 0 Å². The second-order valence-corrected chi connectivity index (χ2v) is 3.32. The summed E-state index contributed by atoms with van der Waals surface area (Å²) in [5.74, 6) is 0.588. The number of phenolic OH excluding ortho intramolecular Hbond substituents is 1. The van der Waals surface area contributed by atoms with E-state index in [0.29, 0.717) is 16.9 Å². The predicted octanol–water partition coefficient (Wildman–Crippen LogP) is 1.73. The van der Waals surface area contributed by atoms with Crippen LogP contribution in [0.4, 0.5) is 0 Å². The van der Waals surface area contributed by atoms with E-state index in [-0.39, 0.29) is 12.5 Å². The van der Waals surface area contributed by atoms with Crippen LogP contribution < -0.4 is 5.48 Å². The molecule has 1 heterocycles. The zero-order chi connectivity index (χ0) is 12.1. The Morgan fingerprint density at radius 3 is 2.94 bits per heavy atom. The summed E-state index contributed by atoms with van der Waals surface area (Å²) in [6, 6.07) is 6.92. The second-order valence-electron chi connectivity index (χ2n) is 3.32. The van der Waals surface area contributed by atoms with Gasteiger partial charge in [0.2, 0.25) is 0 Å². The van der Waals surface area contributed by atoms with E-state index in [9.17, 15) is 5.11 Å². The number of nitrogens with one attached hydrogen (secondary N) is 1. The first kappa shape index (κ1) is 11.3. The number of benzene rings is 1. The Morgan fingerprint density at radius 1 is 1.47 bits per heavy atom. The second kappa shape index (κ2) is 5.27. The first-order chi connectivity index (χ1) is 8.33. The largest absolute Gasteiger partial charge is 0.507 e. The van der Waals surface area contributed by atoms with Gasteiger partial charge in [0.15, 0.2) is 12.5 Å². The number of methoxy groups -OCH3 is 1. The fourth-order valence-electron chi connectivity index (χ4n) is 1.47. The van der Waals surface area contributed by atoms with Gasteiger partial charge >= 0.3 is 0 Å². The third-order valence-electron chi connectivity index (χ3n) is 2.21. The summed E-state index contributed by atoms with van der Waals surface area (Å²) in [5, 5.41) is 9.80. The van der Waals surface area contributed by atoms with Crippen molar-refractivity contribution in [2.24, 2.45) is 0 Å². The van der Waals surface area contributed by atoms with Crippen LogP contribution >= 0.6 is 0 Å². The normalized spacial score (nSPS) is 15.6. The lowest BCUT2D eigenvalue weighted by Gasteiger charge is -2.18. The standard InChI is InChI=1S/C12H13NO4/c1-15-6-10(12-7-16-8-13-17-12)9-4-2-3-5-11(9)14/h2-7,13-14H,8H2,1H3. The van der Waals surface area contributed by atoms with Crippen molar-refractivity contribution in [2.75, 3.05) is 13.8 Å². The molecule has 0 radical (unpaired) electrons. The summed E-state index contributed by atoms with van der Waals surface area (Å²) in [6.45, 7) is 0.282. The van der Waals surface area contributed by atoms with Gasteiger partial charge in [-0.3, -0.25) is 0 Å². The van der Waals surface area contributed by atoms with Crippen molar-refractivity contribution in [3.63, 3.8) is 0 Å². The highest BCUT2D eigenvalue weighted by Crippen LogP contribution is 2.30. The molecule has 0 aliphatic carbocycles. The topological polar surface area (TPSA) is 60.0 Å². The number of ether oxygens (including phenoxy) is 2. The van der Waals surface area contributed by atoms with Crippen molar-refractivity contribution in [1.82, 2.24) is 5.48 Å². The zero-order valence-electron chi connectivity index (χ0n) is 9.34. The molecule has 2 N–H and O–H groups in total. The minimum atomic E-state index is 0.144. The summed E-state index contributed by atoms with van der Waals surface area (Å²) in [7, 11) is 1.53. The number of hydrogen-bond acceptors (Lipinski definition) is 5. The molecule has 1 aromatic rings. The average molecular weight is 235 g/mol. The van der Waals surface area contributed by atoms with Gasteiger partial charge < -0.3 is 19.4 Å². The quantitative estimate of drug-likeness (QED) is 0.781. The minimum Gasteiger partial charge on any atom is -0.507 e. The van der Waals surface area contributed by atoms with Gasteiger partial charge in [0.1, 0.15) is 12.0 Å². The fourth-order valence-corrected chi connectivity index (χ4v) is 1.47. The van der Waals surface area contributed by atoms with Crippen LogP contribution in [0.5, 0.6) is 5.75 Å². The Bertz CT molecular complexity index is 454. The Balaban J connectivity index is 2.39. The Labute approximate surface area is 98.9 Å². The van der Waals surface area contributed by atoms with E-state index in [1.54, 1.807) is 18.2 Å². The van der Waals surface area contributed by atoms with Gasteiger partial charge in [0.25, 0.3) is 0 Å². The van der Waals surface area contributed by atoms with Crippen LogP contribution in [0, 0.1) is 0 Å². The fraction of sp³-hybridized carbons (Fsp3) is 0.167. The van der Waals surface area contributed by atoms with Crippen molar-refractivity contribution < 1.29 is 19.4 Å². The van der Waals surface area contributed by atoms with E-state index < -0.39 is 0 Å². The number of rotatable bonds is 3. The Kier molecular flexibility index (Phi) is 3.52. The monoisotopic (exact) mass is 235 g/mol. The molecule has 5 heteroatoms. The number of allylic oxidation sites excluding steroid dienone is 1. The van der Waals surface area contributed by atoms with E-state index >= 15 is 0 Å². The number of hydroxylamine groups is 1. The summed E-state index contributed by atoms with van der Waals surface area (Å²) < 4.78 is 10.1. The molecule has 0 bridgehead atoms. The predicted molar refractivity (Wildman–Crippen MR) is 61.3 cm³/mol. The molecule has 1 aliphatic rings. The highest BCUT2D eigenvalue weighted by Gasteiger charge is 2.17. The first-order valence-corrected chi connectivity index (χ1v) is 5.06. The van der Waals surface area contributed by atoms with Crippen LogP contribution in [0.1, 0.15) is 5.56 Å². The van der Waals surface area contributed by atoms with E-state index in [1.807, 2.05) is 6.07 Å². The van der Waals surface area contributed by atoms with Crippen molar-refractivity contribution in [1.29, 1.82) is 0 Å². The minimum absolute atomic E-state index is 0.144. The third-order valence-corrected chi connectivity index (χ3v) is 2.21. The van der Waals surface area contributed by atoms with Gasteiger partial charge in [-0.1, -0.05) is 18.2 Å².